The zero-order valence-corrected chi connectivity index (χ0v) is 10.6. The number of hydrogen-bond donors (Lipinski definition) is 1. The number of hydrogen-bond acceptors (Lipinski definition) is 2. The number of aliphatic hydroxyl groups excluding tert-OH is 1. The Kier molecular flexibility index (Phi) is 4.78. The summed E-state index contributed by atoms with van der Waals surface area (Å²) in [6.07, 6.45) is 5.78. The Hall–Kier alpha value is 0.310. The molecular formula is C12H24OS. The highest BCUT2D eigenvalue weighted by molar-refractivity contribution is 8.00. The highest BCUT2D eigenvalue weighted by Crippen LogP contribution is 2.42. The molecule has 0 aromatic heterocycles. The predicted octanol–water partition coefficient (Wildman–Crippen LogP) is 3.46. The lowest BCUT2D eigenvalue weighted by atomic mass is 9.88. The van der Waals surface area contributed by atoms with Crippen molar-refractivity contribution in [1.29, 1.82) is 0 Å². The maximum atomic E-state index is 10.2. The average molecular weight is 216 g/mol. The smallest absolute Gasteiger partial charge is 0.0686 e. The van der Waals surface area contributed by atoms with Gasteiger partial charge < -0.3 is 5.11 Å². The molecule has 14 heavy (non-hydrogen) atoms. The summed E-state index contributed by atoms with van der Waals surface area (Å²) in [5, 5.41) is 10.2. The summed E-state index contributed by atoms with van der Waals surface area (Å²) in [6.45, 7) is 6.69. The monoisotopic (exact) mass is 216 g/mol. The second kappa shape index (κ2) is 5.41. The number of thioether (sulfide) groups is 1. The highest BCUT2D eigenvalue weighted by atomic mass is 32.2. The van der Waals surface area contributed by atoms with Crippen LogP contribution in [0.25, 0.3) is 0 Å². The summed E-state index contributed by atoms with van der Waals surface area (Å²) >= 11 is 1.97. The second-order valence-electron chi connectivity index (χ2n) is 4.70. The first-order valence-electron chi connectivity index (χ1n) is 5.94. The van der Waals surface area contributed by atoms with Gasteiger partial charge in [0.2, 0.25) is 0 Å². The van der Waals surface area contributed by atoms with Crippen molar-refractivity contribution in [3.8, 4) is 0 Å². The van der Waals surface area contributed by atoms with Crippen molar-refractivity contribution in [3.63, 3.8) is 0 Å². The first-order chi connectivity index (χ1) is 6.62. The van der Waals surface area contributed by atoms with Crippen molar-refractivity contribution >= 4 is 11.8 Å². The van der Waals surface area contributed by atoms with Gasteiger partial charge in [-0.15, -0.1) is 0 Å². The Labute approximate surface area is 92.7 Å². The van der Waals surface area contributed by atoms with Crippen LogP contribution in [0.15, 0.2) is 0 Å². The summed E-state index contributed by atoms with van der Waals surface area (Å²) in [4.78, 5) is 0. The molecule has 1 N–H and O–H groups in total. The van der Waals surface area contributed by atoms with Gasteiger partial charge in [-0.05, 0) is 37.9 Å². The van der Waals surface area contributed by atoms with Gasteiger partial charge in [-0.1, -0.05) is 26.7 Å². The van der Waals surface area contributed by atoms with E-state index in [9.17, 15) is 5.11 Å². The van der Waals surface area contributed by atoms with E-state index in [4.69, 9.17) is 0 Å². The molecule has 1 rings (SSSR count). The largest absolute Gasteiger partial charge is 0.392 e. The van der Waals surface area contributed by atoms with E-state index in [1.807, 2.05) is 11.8 Å². The normalized spacial score (nSPS) is 29.8. The van der Waals surface area contributed by atoms with Crippen LogP contribution in [-0.2, 0) is 0 Å². The van der Waals surface area contributed by atoms with Gasteiger partial charge >= 0.3 is 0 Å². The van der Waals surface area contributed by atoms with Crippen molar-refractivity contribution in [2.45, 2.75) is 63.7 Å². The molecule has 0 bridgehead atoms. The maximum absolute atomic E-state index is 10.2. The minimum Gasteiger partial charge on any atom is -0.392 e. The van der Waals surface area contributed by atoms with Crippen LogP contribution in [0.1, 0.15) is 52.9 Å². The van der Waals surface area contributed by atoms with Gasteiger partial charge in [0.05, 0.1) is 6.10 Å². The summed E-state index contributed by atoms with van der Waals surface area (Å²) in [5.41, 5.74) is 0. The molecule has 2 heteroatoms. The van der Waals surface area contributed by atoms with Crippen LogP contribution >= 0.6 is 11.8 Å². The number of rotatable bonds is 5. The fourth-order valence-corrected chi connectivity index (χ4v) is 3.58. The molecule has 1 heterocycles. The standard InChI is InChI=1S/C12H24OS/c1-4-10(5-2)9-11(13)12(3)7-6-8-14-12/h10-11,13H,4-9H2,1-3H3. The fourth-order valence-electron chi connectivity index (χ4n) is 2.25. The van der Waals surface area contributed by atoms with Crippen LogP contribution in [-0.4, -0.2) is 21.7 Å². The van der Waals surface area contributed by atoms with Crippen LogP contribution < -0.4 is 0 Å². The number of aliphatic hydroxyl groups is 1. The lowest BCUT2D eigenvalue weighted by Crippen LogP contribution is -2.35. The van der Waals surface area contributed by atoms with Crippen molar-refractivity contribution in [2.75, 3.05) is 5.75 Å². The molecule has 2 atom stereocenters. The van der Waals surface area contributed by atoms with Crippen molar-refractivity contribution in [1.82, 2.24) is 0 Å². The lowest BCUT2D eigenvalue weighted by molar-refractivity contribution is 0.103. The van der Waals surface area contributed by atoms with Gasteiger partial charge in [0.1, 0.15) is 0 Å². The molecule has 1 aliphatic rings. The molecule has 1 aliphatic heterocycles. The molecule has 1 saturated heterocycles. The predicted molar refractivity (Wildman–Crippen MR) is 64.8 cm³/mol. The van der Waals surface area contributed by atoms with Gasteiger partial charge in [-0.3, -0.25) is 0 Å². The van der Waals surface area contributed by atoms with Gasteiger partial charge in [-0.25, -0.2) is 0 Å². The second-order valence-corrected chi connectivity index (χ2v) is 6.33. The summed E-state index contributed by atoms with van der Waals surface area (Å²) in [6, 6.07) is 0. The van der Waals surface area contributed by atoms with Crippen LogP contribution in [0.4, 0.5) is 0 Å². The zero-order chi connectivity index (χ0) is 10.6. The van der Waals surface area contributed by atoms with Crippen LogP contribution in [0.5, 0.6) is 0 Å². The molecule has 0 radical (unpaired) electrons. The van der Waals surface area contributed by atoms with Gasteiger partial charge in [0.25, 0.3) is 0 Å². The van der Waals surface area contributed by atoms with E-state index in [0.717, 1.165) is 6.42 Å². The van der Waals surface area contributed by atoms with E-state index in [2.05, 4.69) is 20.8 Å². The molecule has 0 spiro atoms. The van der Waals surface area contributed by atoms with Gasteiger partial charge in [-0.2, -0.15) is 11.8 Å². The highest BCUT2D eigenvalue weighted by Gasteiger charge is 2.37. The van der Waals surface area contributed by atoms with Gasteiger partial charge in [0, 0.05) is 4.75 Å². The fraction of sp³-hybridized carbons (Fsp3) is 1.00. The molecule has 0 aromatic carbocycles. The first kappa shape index (κ1) is 12.4. The minimum atomic E-state index is -0.0973. The van der Waals surface area contributed by atoms with E-state index in [1.54, 1.807) is 0 Å². The van der Waals surface area contributed by atoms with Crippen LogP contribution in [0.3, 0.4) is 0 Å². The quantitative estimate of drug-likeness (QED) is 0.759. The Morgan fingerprint density at radius 2 is 2.00 bits per heavy atom. The molecule has 84 valence electrons. The van der Waals surface area contributed by atoms with Crippen molar-refractivity contribution < 1.29 is 5.11 Å². The summed E-state index contributed by atoms with van der Waals surface area (Å²) in [7, 11) is 0. The summed E-state index contributed by atoms with van der Waals surface area (Å²) in [5.74, 6) is 1.94. The molecule has 0 aliphatic carbocycles. The molecule has 2 unspecified atom stereocenters. The zero-order valence-electron chi connectivity index (χ0n) is 9.75. The Bertz CT molecular complexity index is 160. The third-order valence-corrected chi connectivity index (χ3v) is 5.29. The molecule has 0 saturated carbocycles. The Balaban J connectivity index is 2.43. The third-order valence-electron chi connectivity index (χ3n) is 3.67. The first-order valence-corrected chi connectivity index (χ1v) is 6.93. The van der Waals surface area contributed by atoms with E-state index in [-0.39, 0.29) is 10.9 Å². The topological polar surface area (TPSA) is 20.2 Å². The summed E-state index contributed by atoms with van der Waals surface area (Å²) < 4.78 is 0.155. The van der Waals surface area contributed by atoms with E-state index >= 15 is 0 Å². The average Bonchev–Trinajstić information content (AvgIpc) is 2.62. The minimum absolute atomic E-state index is 0.0973. The van der Waals surface area contributed by atoms with Crippen molar-refractivity contribution in [2.24, 2.45) is 5.92 Å². The Morgan fingerprint density at radius 3 is 2.43 bits per heavy atom. The molecule has 0 aromatic rings. The van der Waals surface area contributed by atoms with E-state index < -0.39 is 0 Å². The molecule has 1 fully saturated rings. The van der Waals surface area contributed by atoms with Crippen molar-refractivity contribution in [3.05, 3.63) is 0 Å². The third kappa shape index (κ3) is 2.90. The molecular weight excluding hydrogens is 192 g/mol. The maximum Gasteiger partial charge on any atom is 0.0686 e. The van der Waals surface area contributed by atoms with Gasteiger partial charge in [0.15, 0.2) is 0 Å². The lowest BCUT2D eigenvalue weighted by Gasteiger charge is -2.31. The van der Waals surface area contributed by atoms with E-state index in [0.29, 0.717) is 5.92 Å². The van der Waals surface area contributed by atoms with E-state index in [1.165, 1.54) is 31.4 Å². The SMILES string of the molecule is CCC(CC)CC(O)C1(C)CCCS1. The van der Waals surface area contributed by atoms with Crippen LogP contribution in [0.2, 0.25) is 0 Å². The molecule has 1 nitrogen and oxygen atoms in total. The Morgan fingerprint density at radius 1 is 1.36 bits per heavy atom. The van der Waals surface area contributed by atoms with Crippen LogP contribution in [0, 0.1) is 5.92 Å². The molecule has 0 amide bonds.